The minimum absolute atomic E-state index is 0.153. The predicted molar refractivity (Wildman–Crippen MR) is 74.7 cm³/mol. The second-order valence-corrected chi connectivity index (χ2v) is 5.77. The van der Waals surface area contributed by atoms with Crippen molar-refractivity contribution in [2.45, 2.75) is 31.7 Å². The SMILES string of the molecule is CCNc1ccncc1S(=O)(=O)NC(C)COCC. The summed E-state index contributed by atoms with van der Waals surface area (Å²) in [7, 11) is -3.60. The van der Waals surface area contributed by atoms with Gasteiger partial charge in [-0.3, -0.25) is 4.98 Å². The van der Waals surface area contributed by atoms with E-state index in [4.69, 9.17) is 4.74 Å². The third kappa shape index (κ3) is 4.77. The Bertz CT molecular complexity index is 491. The molecule has 1 rings (SSSR count). The standard InChI is InChI=1S/C12H21N3O3S/c1-4-14-11-6-7-13-8-12(11)19(16,17)15-10(3)9-18-5-2/h6-8,10,15H,4-5,9H2,1-3H3,(H,13,14). The monoisotopic (exact) mass is 287 g/mol. The summed E-state index contributed by atoms with van der Waals surface area (Å²) < 4.78 is 32.3. The van der Waals surface area contributed by atoms with Crippen molar-refractivity contribution in [1.29, 1.82) is 0 Å². The van der Waals surface area contributed by atoms with Crippen LogP contribution in [0.2, 0.25) is 0 Å². The van der Waals surface area contributed by atoms with E-state index >= 15 is 0 Å². The van der Waals surface area contributed by atoms with E-state index in [-0.39, 0.29) is 10.9 Å². The third-order valence-corrected chi connectivity index (χ3v) is 3.99. The summed E-state index contributed by atoms with van der Waals surface area (Å²) in [6.07, 6.45) is 2.90. The number of hydrogen-bond donors (Lipinski definition) is 2. The lowest BCUT2D eigenvalue weighted by Crippen LogP contribution is -2.36. The number of anilines is 1. The smallest absolute Gasteiger partial charge is 0.244 e. The normalized spacial score (nSPS) is 13.2. The minimum Gasteiger partial charge on any atom is -0.384 e. The van der Waals surface area contributed by atoms with Crippen molar-refractivity contribution in [3.05, 3.63) is 18.5 Å². The quantitative estimate of drug-likeness (QED) is 0.751. The van der Waals surface area contributed by atoms with Crippen molar-refractivity contribution in [1.82, 2.24) is 9.71 Å². The minimum atomic E-state index is -3.60. The Balaban J connectivity index is 2.88. The number of aromatic nitrogens is 1. The van der Waals surface area contributed by atoms with E-state index in [1.54, 1.807) is 19.2 Å². The molecule has 0 aliphatic rings. The number of hydrogen-bond acceptors (Lipinski definition) is 5. The van der Waals surface area contributed by atoms with Crippen LogP contribution < -0.4 is 10.0 Å². The molecule has 0 aliphatic heterocycles. The molecule has 0 saturated carbocycles. The molecular weight excluding hydrogens is 266 g/mol. The molecule has 2 N–H and O–H groups in total. The number of nitrogens with one attached hydrogen (secondary N) is 2. The third-order valence-electron chi connectivity index (χ3n) is 2.37. The van der Waals surface area contributed by atoms with Crippen LogP contribution in [0.4, 0.5) is 5.69 Å². The van der Waals surface area contributed by atoms with Gasteiger partial charge in [-0.2, -0.15) is 0 Å². The highest BCUT2D eigenvalue weighted by atomic mass is 32.2. The molecule has 0 bridgehead atoms. The molecule has 0 aliphatic carbocycles. The predicted octanol–water partition coefficient (Wildman–Crippen LogP) is 1.22. The van der Waals surface area contributed by atoms with Gasteiger partial charge in [0.2, 0.25) is 10.0 Å². The molecular formula is C12H21N3O3S. The van der Waals surface area contributed by atoms with Crippen LogP contribution in [0.15, 0.2) is 23.4 Å². The maximum atomic E-state index is 12.3. The van der Waals surface area contributed by atoms with Crippen molar-refractivity contribution in [3.8, 4) is 0 Å². The van der Waals surface area contributed by atoms with Gasteiger partial charge in [-0.1, -0.05) is 0 Å². The highest BCUT2D eigenvalue weighted by Crippen LogP contribution is 2.19. The van der Waals surface area contributed by atoms with Gasteiger partial charge < -0.3 is 10.1 Å². The van der Waals surface area contributed by atoms with E-state index in [0.717, 1.165) is 0 Å². The van der Waals surface area contributed by atoms with Crippen molar-refractivity contribution in [3.63, 3.8) is 0 Å². The second kappa shape index (κ2) is 7.42. The number of nitrogens with zero attached hydrogens (tertiary/aromatic N) is 1. The second-order valence-electron chi connectivity index (χ2n) is 4.08. The van der Waals surface area contributed by atoms with E-state index < -0.39 is 10.0 Å². The van der Waals surface area contributed by atoms with Crippen molar-refractivity contribution in [2.75, 3.05) is 25.1 Å². The lowest BCUT2D eigenvalue weighted by molar-refractivity contribution is 0.133. The van der Waals surface area contributed by atoms with Gasteiger partial charge in [0.25, 0.3) is 0 Å². The summed E-state index contributed by atoms with van der Waals surface area (Å²) in [6.45, 7) is 7.07. The fraction of sp³-hybridized carbons (Fsp3) is 0.583. The largest absolute Gasteiger partial charge is 0.384 e. The molecule has 19 heavy (non-hydrogen) atoms. The van der Waals surface area contributed by atoms with Crippen LogP contribution in [0.3, 0.4) is 0 Å². The Morgan fingerprint density at radius 2 is 2.16 bits per heavy atom. The molecule has 1 heterocycles. The Hall–Kier alpha value is -1.18. The fourth-order valence-corrected chi connectivity index (χ4v) is 2.94. The summed E-state index contributed by atoms with van der Waals surface area (Å²) in [4.78, 5) is 4.03. The average molecular weight is 287 g/mol. The Morgan fingerprint density at radius 3 is 2.79 bits per heavy atom. The number of rotatable bonds is 8. The van der Waals surface area contributed by atoms with Gasteiger partial charge in [0.1, 0.15) is 4.90 Å². The maximum absolute atomic E-state index is 12.3. The zero-order valence-electron chi connectivity index (χ0n) is 11.5. The maximum Gasteiger partial charge on any atom is 0.244 e. The zero-order chi connectivity index (χ0) is 14.3. The number of sulfonamides is 1. The Morgan fingerprint density at radius 1 is 1.42 bits per heavy atom. The van der Waals surface area contributed by atoms with E-state index in [9.17, 15) is 8.42 Å². The molecule has 1 atom stereocenters. The topological polar surface area (TPSA) is 80.3 Å². The lowest BCUT2D eigenvalue weighted by atomic mass is 10.4. The first kappa shape index (κ1) is 15.9. The van der Waals surface area contributed by atoms with Gasteiger partial charge in [-0.05, 0) is 26.8 Å². The van der Waals surface area contributed by atoms with Gasteiger partial charge in [-0.15, -0.1) is 0 Å². The Labute approximate surface area is 114 Å². The molecule has 0 radical (unpaired) electrons. The summed E-state index contributed by atoms with van der Waals surface area (Å²) in [5, 5.41) is 3.01. The van der Waals surface area contributed by atoms with Crippen LogP contribution in [0, 0.1) is 0 Å². The van der Waals surface area contributed by atoms with Crippen LogP contribution >= 0.6 is 0 Å². The van der Waals surface area contributed by atoms with Gasteiger partial charge >= 0.3 is 0 Å². The first-order valence-electron chi connectivity index (χ1n) is 6.29. The van der Waals surface area contributed by atoms with E-state index in [2.05, 4.69) is 15.0 Å². The van der Waals surface area contributed by atoms with Crippen molar-refractivity contribution < 1.29 is 13.2 Å². The molecule has 1 unspecified atom stereocenters. The Kier molecular flexibility index (Phi) is 6.20. The molecule has 0 spiro atoms. The fourth-order valence-electron chi connectivity index (χ4n) is 1.59. The lowest BCUT2D eigenvalue weighted by Gasteiger charge is -2.16. The summed E-state index contributed by atoms with van der Waals surface area (Å²) in [6, 6.07) is 1.35. The summed E-state index contributed by atoms with van der Waals surface area (Å²) in [5.74, 6) is 0. The molecule has 0 fully saturated rings. The van der Waals surface area contributed by atoms with Crippen LogP contribution in [-0.2, 0) is 14.8 Å². The molecule has 7 heteroatoms. The molecule has 0 aromatic carbocycles. The van der Waals surface area contributed by atoms with Gasteiger partial charge in [0.15, 0.2) is 0 Å². The van der Waals surface area contributed by atoms with E-state index in [0.29, 0.717) is 25.4 Å². The molecule has 6 nitrogen and oxygen atoms in total. The summed E-state index contributed by atoms with van der Waals surface area (Å²) in [5.41, 5.74) is 0.550. The molecule has 0 saturated heterocycles. The van der Waals surface area contributed by atoms with Crippen LogP contribution in [-0.4, -0.2) is 39.2 Å². The number of pyridine rings is 1. The molecule has 1 aromatic rings. The summed E-state index contributed by atoms with van der Waals surface area (Å²) >= 11 is 0. The molecule has 0 amide bonds. The van der Waals surface area contributed by atoms with Gasteiger partial charge in [0, 0.05) is 31.6 Å². The molecule has 1 aromatic heterocycles. The first-order valence-corrected chi connectivity index (χ1v) is 7.77. The van der Waals surface area contributed by atoms with Crippen LogP contribution in [0.25, 0.3) is 0 Å². The van der Waals surface area contributed by atoms with Crippen LogP contribution in [0.5, 0.6) is 0 Å². The van der Waals surface area contributed by atoms with Crippen molar-refractivity contribution >= 4 is 15.7 Å². The van der Waals surface area contributed by atoms with E-state index in [1.807, 2.05) is 13.8 Å². The zero-order valence-corrected chi connectivity index (χ0v) is 12.3. The molecule has 108 valence electrons. The highest BCUT2D eigenvalue weighted by molar-refractivity contribution is 7.89. The van der Waals surface area contributed by atoms with E-state index in [1.165, 1.54) is 6.20 Å². The first-order chi connectivity index (χ1) is 9.01. The van der Waals surface area contributed by atoms with Crippen LogP contribution in [0.1, 0.15) is 20.8 Å². The van der Waals surface area contributed by atoms with Gasteiger partial charge in [0.05, 0.1) is 12.3 Å². The number of ether oxygens (including phenoxy) is 1. The average Bonchev–Trinajstić information content (AvgIpc) is 2.37. The highest BCUT2D eigenvalue weighted by Gasteiger charge is 2.21. The van der Waals surface area contributed by atoms with Crippen molar-refractivity contribution in [2.24, 2.45) is 0 Å². The van der Waals surface area contributed by atoms with Gasteiger partial charge in [-0.25, -0.2) is 13.1 Å².